The van der Waals surface area contributed by atoms with Crippen LogP contribution in [0.4, 0.5) is 13.2 Å². The predicted molar refractivity (Wildman–Crippen MR) is 85.4 cm³/mol. The van der Waals surface area contributed by atoms with Crippen molar-refractivity contribution in [3.05, 3.63) is 28.8 Å². The van der Waals surface area contributed by atoms with Gasteiger partial charge in [0, 0.05) is 36.6 Å². The van der Waals surface area contributed by atoms with E-state index in [1.165, 1.54) is 12.1 Å². The Morgan fingerprint density at radius 3 is 2.54 bits per heavy atom. The lowest BCUT2D eigenvalue weighted by Gasteiger charge is -2.35. The molecule has 2 heterocycles. The first-order valence-electron chi connectivity index (χ1n) is 8.27. The summed E-state index contributed by atoms with van der Waals surface area (Å²) < 4.78 is 51.3. The molecule has 0 amide bonds. The third kappa shape index (κ3) is 4.16. The van der Waals surface area contributed by atoms with Gasteiger partial charge in [0.15, 0.2) is 0 Å². The van der Waals surface area contributed by atoms with E-state index in [1.54, 1.807) is 0 Å². The molecule has 2 aliphatic heterocycles. The average molecular weight is 364 g/mol. The number of rotatable bonds is 4. The Morgan fingerprint density at radius 1 is 1.17 bits per heavy atom. The number of halogens is 4. The maximum atomic E-state index is 13.3. The highest BCUT2D eigenvalue weighted by molar-refractivity contribution is 6.30. The molecule has 3 rings (SSSR count). The molecule has 0 spiro atoms. The molecule has 0 unspecified atom stereocenters. The number of alkyl halides is 3. The molecule has 2 fully saturated rings. The molecule has 0 aromatic heterocycles. The maximum Gasteiger partial charge on any atom is 0.420 e. The number of hydrogen-bond donors (Lipinski definition) is 1. The van der Waals surface area contributed by atoms with E-state index < -0.39 is 11.7 Å². The number of benzene rings is 1. The molecule has 1 aromatic rings. The van der Waals surface area contributed by atoms with Crippen LogP contribution in [0, 0.1) is 11.8 Å². The van der Waals surface area contributed by atoms with Crippen LogP contribution in [0.25, 0.3) is 0 Å². The second kappa shape index (κ2) is 7.50. The first-order valence-corrected chi connectivity index (χ1v) is 8.65. The van der Waals surface area contributed by atoms with E-state index in [0.29, 0.717) is 13.2 Å². The Bertz CT molecular complexity index is 555. The van der Waals surface area contributed by atoms with E-state index in [-0.39, 0.29) is 28.7 Å². The summed E-state index contributed by atoms with van der Waals surface area (Å²) in [6, 6.07) is 3.71. The quantitative estimate of drug-likeness (QED) is 0.872. The lowest BCUT2D eigenvalue weighted by Crippen LogP contribution is -2.39. The smallest absolute Gasteiger partial charge is 0.420 e. The van der Waals surface area contributed by atoms with Crippen LogP contribution in [-0.4, -0.2) is 32.4 Å². The molecule has 24 heavy (non-hydrogen) atoms. The monoisotopic (exact) mass is 363 g/mol. The lowest BCUT2D eigenvalue weighted by atomic mass is 9.85. The summed E-state index contributed by atoms with van der Waals surface area (Å²) in [5.74, 6) is 0.292. The molecular weight excluding hydrogens is 343 g/mol. The zero-order valence-corrected chi connectivity index (χ0v) is 14.0. The molecule has 7 heteroatoms. The Balaban J connectivity index is 1.86. The van der Waals surface area contributed by atoms with Crippen molar-refractivity contribution in [1.29, 1.82) is 0 Å². The van der Waals surface area contributed by atoms with E-state index in [4.69, 9.17) is 21.1 Å². The minimum Gasteiger partial charge on any atom is -0.489 e. The van der Waals surface area contributed by atoms with Gasteiger partial charge in [0.05, 0.1) is 5.56 Å². The fourth-order valence-corrected chi connectivity index (χ4v) is 3.72. The van der Waals surface area contributed by atoms with Gasteiger partial charge in [-0.2, -0.15) is 13.2 Å². The molecule has 2 atom stereocenters. The molecule has 0 bridgehead atoms. The molecule has 3 nitrogen and oxygen atoms in total. The third-order valence-electron chi connectivity index (χ3n) is 4.80. The predicted octanol–water partition coefficient (Wildman–Crippen LogP) is 4.14. The van der Waals surface area contributed by atoms with E-state index in [2.05, 4.69) is 5.32 Å². The summed E-state index contributed by atoms with van der Waals surface area (Å²) in [7, 11) is 0. The van der Waals surface area contributed by atoms with Gasteiger partial charge in [-0.25, -0.2) is 0 Å². The fourth-order valence-electron chi connectivity index (χ4n) is 3.55. The van der Waals surface area contributed by atoms with Crippen LogP contribution in [-0.2, 0) is 10.9 Å². The maximum absolute atomic E-state index is 13.3. The van der Waals surface area contributed by atoms with Crippen molar-refractivity contribution in [2.24, 2.45) is 11.8 Å². The minimum atomic E-state index is -4.49. The van der Waals surface area contributed by atoms with Gasteiger partial charge in [0.2, 0.25) is 0 Å². The van der Waals surface area contributed by atoms with Crippen LogP contribution in [0.3, 0.4) is 0 Å². The van der Waals surface area contributed by atoms with Crippen molar-refractivity contribution in [2.45, 2.75) is 31.5 Å². The van der Waals surface area contributed by atoms with Gasteiger partial charge >= 0.3 is 6.18 Å². The van der Waals surface area contributed by atoms with E-state index >= 15 is 0 Å². The van der Waals surface area contributed by atoms with E-state index in [0.717, 1.165) is 38.4 Å². The van der Waals surface area contributed by atoms with Gasteiger partial charge in [-0.15, -0.1) is 0 Å². The van der Waals surface area contributed by atoms with Gasteiger partial charge in [0.25, 0.3) is 0 Å². The molecule has 2 saturated heterocycles. The normalized spacial score (nSPS) is 24.1. The first kappa shape index (κ1) is 17.8. The molecule has 2 aliphatic rings. The molecule has 0 saturated carbocycles. The van der Waals surface area contributed by atoms with Crippen molar-refractivity contribution >= 4 is 11.6 Å². The van der Waals surface area contributed by atoms with E-state index in [9.17, 15) is 13.2 Å². The number of hydrogen-bond acceptors (Lipinski definition) is 3. The van der Waals surface area contributed by atoms with Gasteiger partial charge in [-0.05, 0) is 44.0 Å². The van der Waals surface area contributed by atoms with E-state index in [1.807, 2.05) is 0 Å². The van der Waals surface area contributed by atoms with Gasteiger partial charge < -0.3 is 14.8 Å². The summed E-state index contributed by atoms with van der Waals surface area (Å²) >= 11 is 5.75. The van der Waals surface area contributed by atoms with Crippen molar-refractivity contribution in [2.75, 3.05) is 26.3 Å². The standard InChI is InChI=1S/C17H21ClF3NO2/c18-13-1-2-15(14(9-13)17(19,20)21)24-16(12-3-6-22-10-12)11-4-7-23-8-5-11/h1-2,9,11-12,16,22H,3-8,10H2/t12-,16-/m1/s1. The zero-order chi connectivity index (χ0) is 17.2. The van der Waals surface area contributed by atoms with Crippen molar-refractivity contribution in [3.63, 3.8) is 0 Å². The Labute approximate surface area is 144 Å². The molecule has 134 valence electrons. The second-order valence-electron chi connectivity index (χ2n) is 6.42. The van der Waals surface area contributed by atoms with Crippen LogP contribution < -0.4 is 10.1 Å². The van der Waals surface area contributed by atoms with Crippen LogP contribution in [0.2, 0.25) is 5.02 Å². The average Bonchev–Trinajstić information content (AvgIpc) is 3.08. The lowest BCUT2D eigenvalue weighted by molar-refractivity contribution is -0.140. The molecule has 0 aliphatic carbocycles. The molecular formula is C17H21ClF3NO2. The Morgan fingerprint density at radius 2 is 1.92 bits per heavy atom. The first-order chi connectivity index (χ1) is 11.4. The van der Waals surface area contributed by atoms with Gasteiger partial charge in [0.1, 0.15) is 11.9 Å². The zero-order valence-electron chi connectivity index (χ0n) is 13.2. The van der Waals surface area contributed by atoms with Crippen LogP contribution in [0.1, 0.15) is 24.8 Å². The SMILES string of the molecule is FC(F)(F)c1cc(Cl)ccc1O[C@H](C1CCOCC1)[C@@H]1CCNC1. The topological polar surface area (TPSA) is 30.5 Å². The highest BCUT2D eigenvalue weighted by Gasteiger charge is 2.38. The summed E-state index contributed by atoms with van der Waals surface area (Å²) in [6.45, 7) is 2.92. The summed E-state index contributed by atoms with van der Waals surface area (Å²) in [6.07, 6.45) is -2.19. The summed E-state index contributed by atoms with van der Waals surface area (Å²) in [5, 5.41) is 3.33. The van der Waals surface area contributed by atoms with Crippen LogP contribution >= 0.6 is 11.6 Å². The Hall–Kier alpha value is -0.980. The number of ether oxygens (including phenoxy) is 2. The van der Waals surface area contributed by atoms with Crippen LogP contribution in [0.5, 0.6) is 5.75 Å². The van der Waals surface area contributed by atoms with Crippen molar-refractivity contribution in [3.8, 4) is 5.75 Å². The summed E-state index contributed by atoms with van der Waals surface area (Å²) in [5.41, 5.74) is -0.807. The van der Waals surface area contributed by atoms with Crippen molar-refractivity contribution < 1.29 is 22.6 Å². The molecule has 1 N–H and O–H groups in total. The van der Waals surface area contributed by atoms with Gasteiger partial charge in [-0.3, -0.25) is 0 Å². The number of nitrogens with one attached hydrogen (secondary N) is 1. The largest absolute Gasteiger partial charge is 0.489 e. The second-order valence-corrected chi connectivity index (χ2v) is 6.86. The molecule has 1 aromatic carbocycles. The fraction of sp³-hybridized carbons (Fsp3) is 0.647. The van der Waals surface area contributed by atoms with Crippen molar-refractivity contribution in [1.82, 2.24) is 5.32 Å². The van der Waals surface area contributed by atoms with Crippen LogP contribution in [0.15, 0.2) is 18.2 Å². The Kier molecular flexibility index (Phi) is 5.57. The highest BCUT2D eigenvalue weighted by Crippen LogP contribution is 2.40. The minimum absolute atomic E-state index is 0.0554. The molecule has 0 radical (unpaired) electrons. The highest BCUT2D eigenvalue weighted by atomic mass is 35.5. The third-order valence-corrected chi connectivity index (χ3v) is 5.04. The summed E-state index contributed by atoms with van der Waals surface area (Å²) in [4.78, 5) is 0. The van der Waals surface area contributed by atoms with Gasteiger partial charge in [-0.1, -0.05) is 11.6 Å².